The number of aromatic nitrogens is 2. The summed E-state index contributed by atoms with van der Waals surface area (Å²) < 4.78 is 6.52. The molecule has 114 valence electrons. The second-order valence-corrected chi connectivity index (χ2v) is 5.57. The molecule has 1 atom stereocenters. The van der Waals surface area contributed by atoms with E-state index in [-0.39, 0.29) is 11.5 Å². The molecule has 0 spiro atoms. The van der Waals surface area contributed by atoms with Gasteiger partial charge in [0.05, 0.1) is 18.9 Å². The predicted octanol–water partition coefficient (Wildman–Crippen LogP) is 0.0451. The summed E-state index contributed by atoms with van der Waals surface area (Å²) in [6, 6.07) is 2.64. The number of hydrogen-bond acceptors (Lipinski definition) is 5. The van der Waals surface area contributed by atoms with E-state index >= 15 is 0 Å². The van der Waals surface area contributed by atoms with Crippen LogP contribution < -0.4 is 11.0 Å². The van der Waals surface area contributed by atoms with Crippen molar-refractivity contribution in [2.75, 3.05) is 26.3 Å². The van der Waals surface area contributed by atoms with Crippen LogP contribution in [0.1, 0.15) is 37.4 Å². The van der Waals surface area contributed by atoms with Gasteiger partial charge in [-0.3, -0.25) is 15.0 Å². The van der Waals surface area contributed by atoms with E-state index in [2.05, 4.69) is 10.5 Å². The Kier molecular flexibility index (Phi) is 4.03. The van der Waals surface area contributed by atoms with Crippen molar-refractivity contribution < 1.29 is 9.53 Å². The maximum atomic E-state index is 12.3. The minimum atomic E-state index is -0.626. The van der Waals surface area contributed by atoms with E-state index in [1.807, 2.05) is 5.01 Å². The second kappa shape index (κ2) is 5.95. The Hall–Kier alpha value is -1.73. The van der Waals surface area contributed by atoms with E-state index in [1.165, 1.54) is 10.7 Å². The summed E-state index contributed by atoms with van der Waals surface area (Å²) in [6.07, 6.45) is 2.22. The van der Waals surface area contributed by atoms with E-state index in [0.29, 0.717) is 32.2 Å². The molecule has 2 fully saturated rings. The summed E-state index contributed by atoms with van der Waals surface area (Å²) >= 11 is 0. The lowest BCUT2D eigenvalue weighted by molar-refractivity contribution is -0.131. The number of ether oxygens (including phenoxy) is 1. The first kappa shape index (κ1) is 14.2. The van der Waals surface area contributed by atoms with Gasteiger partial charge < -0.3 is 4.74 Å². The summed E-state index contributed by atoms with van der Waals surface area (Å²) in [7, 11) is 0. The van der Waals surface area contributed by atoms with Gasteiger partial charge in [0.2, 0.25) is 0 Å². The van der Waals surface area contributed by atoms with Crippen molar-refractivity contribution >= 4 is 5.91 Å². The van der Waals surface area contributed by atoms with Crippen LogP contribution in [0, 0.1) is 0 Å². The SMILES string of the molecule is CC(C(=O)NN1CCOCC1)n1nc(C2CC2)ccc1=O. The van der Waals surface area contributed by atoms with Gasteiger partial charge in [-0.05, 0) is 25.8 Å². The molecule has 1 aliphatic carbocycles. The molecule has 0 bridgehead atoms. The van der Waals surface area contributed by atoms with Gasteiger partial charge >= 0.3 is 0 Å². The van der Waals surface area contributed by atoms with Crippen molar-refractivity contribution in [1.82, 2.24) is 20.2 Å². The van der Waals surface area contributed by atoms with Crippen LogP contribution in [0.15, 0.2) is 16.9 Å². The summed E-state index contributed by atoms with van der Waals surface area (Å²) in [5, 5.41) is 6.17. The van der Waals surface area contributed by atoms with Crippen molar-refractivity contribution in [3.8, 4) is 0 Å². The lowest BCUT2D eigenvalue weighted by atomic mass is 10.2. The molecule has 1 unspecified atom stereocenters. The Morgan fingerprint density at radius 2 is 2.10 bits per heavy atom. The molecule has 0 aromatic carbocycles. The normalized spacial score (nSPS) is 21.0. The van der Waals surface area contributed by atoms with Gasteiger partial charge in [0.25, 0.3) is 11.5 Å². The number of carbonyl (C=O) groups is 1. The number of hydrogen-bond donors (Lipinski definition) is 1. The zero-order valence-corrected chi connectivity index (χ0v) is 12.1. The van der Waals surface area contributed by atoms with Gasteiger partial charge in [-0.2, -0.15) is 5.10 Å². The quantitative estimate of drug-likeness (QED) is 0.848. The first-order valence-electron chi connectivity index (χ1n) is 7.38. The lowest BCUT2D eigenvalue weighted by Crippen LogP contribution is -2.51. The molecule has 1 saturated carbocycles. The summed E-state index contributed by atoms with van der Waals surface area (Å²) in [6.45, 7) is 4.21. The van der Waals surface area contributed by atoms with Gasteiger partial charge in [0, 0.05) is 25.1 Å². The van der Waals surface area contributed by atoms with Crippen LogP contribution >= 0.6 is 0 Å². The number of rotatable bonds is 4. The van der Waals surface area contributed by atoms with E-state index in [4.69, 9.17) is 4.74 Å². The molecule has 1 saturated heterocycles. The fourth-order valence-electron chi connectivity index (χ4n) is 2.35. The fourth-order valence-corrected chi connectivity index (χ4v) is 2.35. The molecule has 7 heteroatoms. The molecule has 2 aliphatic rings. The molecule has 1 aromatic rings. The Balaban J connectivity index is 1.71. The molecule has 1 amide bonds. The van der Waals surface area contributed by atoms with Crippen LogP contribution in [-0.4, -0.2) is 47.0 Å². The van der Waals surface area contributed by atoms with E-state index < -0.39 is 6.04 Å². The van der Waals surface area contributed by atoms with Gasteiger partial charge in [0.1, 0.15) is 6.04 Å². The Labute approximate surface area is 122 Å². The number of nitrogens with zero attached hydrogens (tertiary/aromatic N) is 3. The van der Waals surface area contributed by atoms with Crippen molar-refractivity contribution in [2.24, 2.45) is 0 Å². The average molecular weight is 292 g/mol. The summed E-state index contributed by atoms with van der Waals surface area (Å²) in [4.78, 5) is 24.2. The average Bonchev–Trinajstić information content (AvgIpc) is 3.33. The van der Waals surface area contributed by atoms with Crippen LogP contribution in [0.2, 0.25) is 0 Å². The van der Waals surface area contributed by atoms with Gasteiger partial charge in [-0.15, -0.1) is 0 Å². The standard InChI is InChI=1S/C14H20N4O3/c1-10(14(20)16-17-6-8-21-9-7-17)18-13(19)5-4-12(15-18)11-2-3-11/h4-5,10-11H,2-3,6-9H2,1H3,(H,16,20). The van der Waals surface area contributed by atoms with Gasteiger partial charge in [0.15, 0.2) is 0 Å². The third kappa shape index (κ3) is 3.30. The molecule has 7 nitrogen and oxygen atoms in total. The molecular formula is C14H20N4O3. The molecule has 3 rings (SSSR count). The second-order valence-electron chi connectivity index (χ2n) is 5.57. The molecule has 2 heterocycles. The van der Waals surface area contributed by atoms with E-state index in [9.17, 15) is 9.59 Å². The van der Waals surface area contributed by atoms with Crippen LogP contribution in [0.5, 0.6) is 0 Å². The summed E-state index contributed by atoms with van der Waals surface area (Å²) in [5.41, 5.74) is 3.48. The smallest absolute Gasteiger partial charge is 0.267 e. The van der Waals surface area contributed by atoms with Crippen molar-refractivity contribution in [3.05, 3.63) is 28.2 Å². The highest BCUT2D eigenvalue weighted by molar-refractivity contribution is 5.79. The number of carbonyl (C=O) groups excluding carboxylic acids is 1. The molecule has 21 heavy (non-hydrogen) atoms. The van der Waals surface area contributed by atoms with Crippen LogP contribution in [0.4, 0.5) is 0 Å². The number of hydrazine groups is 1. The number of morpholine rings is 1. The van der Waals surface area contributed by atoms with Crippen LogP contribution in [0.25, 0.3) is 0 Å². The van der Waals surface area contributed by atoms with E-state index in [1.54, 1.807) is 13.0 Å². The molecule has 1 N–H and O–H groups in total. The minimum Gasteiger partial charge on any atom is -0.379 e. The first-order valence-corrected chi connectivity index (χ1v) is 7.38. The predicted molar refractivity (Wildman–Crippen MR) is 75.7 cm³/mol. The lowest BCUT2D eigenvalue weighted by Gasteiger charge is -2.28. The van der Waals surface area contributed by atoms with Crippen LogP contribution in [0.3, 0.4) is 0 Å². The maximum Gasteiger partial charge on any atom is 0.267 e. The molecule has 1 aliphatic heterocycles. The Morgan fingerprint density at radius 3 is 2.76 bits per heavy atom. The number of amides is 1. The highest BCUT2D eigenvalue weighted by atomic mass is 16.5. The topological polar surface area (TPSA) is 76.5 Å². The summed E-state index contributed by atoms with van der Waals surface area (Å²) in [5.74, 6) is 0.228. The highest BCUT2D eigenvalue weighted by Crippen LogP contribution is 2.38. The van der Waals surface area contributed by atoms with Crippen LogP contribution in [-0.2, 0) is 9.53 Å². The minimum absolute atomic E-state index is 0.223. The van der Waals surface area contributed by atoms with E-state index in [0.717, 1.165) is 18.5 Å². The number of nitrogens with one attached hydrogen (secondary N) is 1. The van der Waals surface area contributed by atoms with Gasteiger partial charge in [-0.1, -0.05) is 0 Å². The highest BCUT2D eigenvalue weighted by Gasteiger charge is 2.27. The Bertz CT molecular complexity index is 576. The molecule has 0 radical (unpaired) electrons. The third-order valence-electron chi connectivity index (χ3n) is 3.87. The fraction of sp³-hybridized carbons (Fsp3) is 0.643. The monoisotopic (exact) mass is 292 g/mol. The maximum absolute atomic E-state index is 12.3. The largest absolute Gasteiger partial charge is 0.379 e. The Morgan fingerprint density at radius 1 is 1.38 bits per heavy atom. The zero-order chi connectivity index (χ0) is 14.8. The van der Waals surface area contributed by atoms with Crippen molar-refractivity contribution in [2.45, 2.75) is 31.7 Å². The first-order chi connectivity index (χ1) is 10.1. The van der Waals surface area contributed by atoms with Crippen molar-refractivity contribution in [3.63, 3.8) is 0 Å². The third-order valence-corrected chi connectivity index (χ3v) is 3.87. The van der Waals surface area contributed by atoms with Gasteiger partial charge in [-0.25, -0.2) is 9.69 Å². The molecule has 1 aromatic heterocycles. The van der Waals surface area contributed by atoms with Crippen molar-refractivity contribution in [1.29, 1.82) is 0 Å². The zero-order valence-electron chi connectivity index (χ0n) is 12.1. The molecular weight excluding hydrogens is 272 g/mol.